The Labute approximate surface area is 129 Å². The first kappa shape index (κ1) is 13.8. The van der Waals surface area contributed by atoms with E-state index in [0.29, 0.717) is 4.83 Å². The van der Waals surface area contributed by atoms with Crippen LogP contribution in [-0.4, -0.2) is 10.4 Å². The maximum Gasteiger partial charge on any atom is 0.0985 e. The van der Waals surface area contributed by atoms with Crippen LogP contribution in [0, 0.1) is 0 Å². The van der Waals surface area contributed by atoms with Crippen molar-refractivity contribution in [1.82, 2.24) is 0 Å². The molecule has 2 aromatic rings. The molecule has 3 atom stereocenters. The van der Waals surface area contributed by atoms with E-state index in [1.54, 1.807) is 0 Å². The van der Waals surface area contributed by atoms with Gasteiger partial charge < -0.3 is 4.74 Å². The van der Waals surface area contributed by atoms with Crippen LogP contribution in [0.15, 0.2) is 60.7 Å². The van der Waals surface area contributed by atoms with Crippen LogP contribution < -0.4 is 0 Å². The zero-order valence-electron chi connectivity index (χ0n) is 11.6. The second kappa shape index (κ2) is 5.71. The van der Waals surface area contributed by atoms with Crippen LogP contribution in [-0.2, 0) is 11.2 Å². The van der Waals surface area contributed by atoms with Gasteiger partial charge in [0.15, 0.2) is 0 Å². The van der Waals surface area contributed by atoms with Gasteiger partial charge in [-0.1, -0.05) is 76.6 Å². The summed E-state index contributed by atoms with van der Waals surface area (Å²) in [5.41, 5.74) is 2.56. The molecule has 1 nitrogen and oxygen atoms in total. The molecule has 1 heterocycles. The second-order valence-electron chi connectivity index (χ2n) is 5.65. The maximum atomic E-state index is 6.20. The lowest BCUT2D eigenvalue weighted by Crippen LogP contribution is -2.54. The number of hydrogen-bond donors (Lipinski definition) is 0. The molecule has 1 fully saturated rings. The summed E-state index contributed by atoms with van der Waals surface area (Å²) in [4.78, 5) is 0.376. The molecule has 1 aliphatic heterocycles. The van der Waals surface area contributed by atoms with E-state index in [9.17, 15) is 0 Å². The third-order valence-corrected chi connectivity index (χ3v) is 5.58. The third kappa shape index (κ3) is 2.68. The van der Waals surface area contributed by atoms with Crippen LogP contribution in [0.3, 0.4) is 0 Å². The highest BCUT2D eigenvalue weighted by atomic mass is 79.9. The summed E-state index contributed by atoms with van der Waals surface area (Å²) in [6, 6.07) is 21.1. The maximum absolute atomic E-state index is 6.20. The minimum atomic E-state index is -0.0731. The summed E-state index contributed by atoms with van der Waals surface area (Å²) in [6.07, 6.45) is 2.27. The van der Waals surface area contributed by atoms with Gasteiger partial charge in [-0.05, 0) is 30.9 Å². The summed E-state index contributed by atoms with van der Waals surface area (Å²) >= 11 is 3.83. The fourth-order valence-corrected chi connectivity index (χ4v) is 3.53. The smallest absolute Gasteiger partial charge is 0.0985 e. The van der Waals surface area contributed by atoms with Gasteiger partial charge in [0.05, 0.1) is 16.5 Å². The highest BCUT2D eigenvalue weighted by Crippen LogP contribution is 2.49. The summed E-state index contributed by atoms with van der Waals surface area (Å²) in [5, 5.41) is 0. The van der Waals surface area contributed by atoms with Crippen LogP contribution in [0.4, 0.5) is 0 Å². The van der Waals surface area contributed by atoms with Crippen LogP contribution >= 0.6 is 15.9 Å². The first-order valence-electron chi connectivity index (χ1n) is 7.10. The molecule has 3 rings (SSSR count). The van der Waals surface area contributed by atoms with E-state index in [1.165, 1.54) is 11.1 Å². The molecule has 2 aromatic carbocycles. The predicted molar refractivity (Wildman–Crippen MR) is 86.2 cm³/mol. The molecule has 0 amide bonds. The fourth-order valence-electron chi connectivity index (χ4n) is 2.78. The van der Waals surface area contributed by atoms with E-state index in [2.05, 4.69) is 77.5 Å². The number of alkyl halides is 1. The van der Waals surface area contributed by atoms with Crippen molar-refractivity contribution in [3.63, 3.8) is 0 Å². The minimum Gasteiger partial charge on any atom is -0.365 e. The average molecular weight is 331 g/mol. The van der Waals surface area contributed by atoms with E-state index in [0.717, 1.165) is 12.8 Å². The molecule has 0 aliphatic carbocycles. The Kier molecular flexibility index (Phi) is 3.95. The van der Waals surface area contributed by atoms with Crippen LogP contribution in [0.25, 0.3) is 0 Å². The van der Waals surface area contributed by atoms with Crippen molar-refractivity contribution in [3.8, 4) is 0 Å². The monoisotopic (exact) mass is 330 g/mol. The molecular weight excluding hydrogens is 312 g/mol. The number of ether oxygens (including phenoxy) is 1. The molecule has 1 saturated heterocycles. The summed E-state index contributed by atoms with van der Waals surface area (Å²) in [6.45, 7) is 2.20. The Morgan fingerprint density at radius 3 is 2.20 bits per heavy atom. The zero-order valence-corrected chi connectivity index (χ0v) is 13.2. The van der Waals surface area contributed by atoms with Gasteiger partial charge in [0.2, 0.25) is 0 Å². The Morgan fingerprint density at radius 2 is 1.60 bits per heavy atom. The van der Waals surface area contributed by atoms with Crippen molar-refractivity contribution in [2.45, 2.75) is 36.3 Å². The van der Waals surface area contributed by atoms with Crippen LogP contribution in [0.5, 0.6) is 0 Å². The molecule has 0 bridgehead atoms. The van der Waals surface area contributed by atoms with E-state index in [1.807, 2.05) is 6.07 Å². The topological polar surface area (TPSA) is 9.23 Å². The molecule has 1 unspecified atom stereocenters. The summed E-state index contributed by atoms with van der Waals surface area (Å²) in [7, 11) is 0. The van der Waals surface area contributed by atoms with Crippen molar-refractivity contribution in [2.75, 3.05) is 0 Å². The standard InChI is InChI=1S/C18H19BrO/c1-18(13-12-14-8-4-2-5-9-14)17(19)16(20-18)15-10-6-3-7-11-15/h2-11,16-17H,12-13H2,1H3/t16-,17-,18?/m1/s1. The van der Waals surface area contributed by atoms with Crippen molar-refractivity contribution in [3.05, 3.63) is 71.8 Å². The van der Waals surface area contributed by atoms with Gasteiger partial charge in [-0.25, -0.2) is 0 Å². The van der Waals surface area contributed by atoms with Gasteiger partial charge in [0, 0.05) is 0 Å². The molecule has 0 radical (unpaired) electrons. The Hall–Kier alpha value is -1.12. The quantitative estimate of drug-likeness (QED) is 0.723. The normalized spacial score (nSPS) is 28.9. The molecule has 0 spiro atoms. The van der Waals surface area contributed by atoms with Crippen LogP contribution in [0.2, 0.25) is 0 Å². The largest absolute Gasteiger partial charge is 0.365 e. The fraction of sp³-hybridized carbons (Fsp3) is 0.333. The first-order chi connectivity index (χ1) is 9.69. The summed E-state index contributed by atoms with van der Waals surface area (Å²) in [5.74, 6) is 0. The lowest BCUT2D eigenvalue weighted by atomic mass is 9.83. The Bertz CT molecular complexity index is 550. The first-order valence-corrected chi connectivity index (χ1v) is 8.01. The molecule has 20 heavy (non-hydrogen) atoms. The van der Waals surface area contributed by atoms with Gasteiger partial charge >= 0.3 is 0 Å². The molecule has 104 valence electrons. The van der Waals surface area contributed by atoms with E-state index in [4.69, 9.17) is 4.74 Å². The number of rotatable bonds is 4. The molecular formula is C18H19BrO. The highest BCUT2D eigenvalue weighted by Gasteiger charge is 2.50. The second-order valence-corrected chi connectivity index (χ2v) is 6.64. The van der Waals surface area contributed by atoms with Gasteiger partial charge in [-0.15, -0.1) is 0 Å². The third-order valence-electron chi connectivity index (χ3n) is 4.13. The molecule has 2 heteroatoms. The van der Waals surface area contributed by atoms with Gasteiger partial charge in [0.25, 0.3) is 0 Å². The molecule has 0 N–H and O–H groups in total. The molecule has 0 aromatic heterocycles. The highest BCUT2D eigenvalue weighted by molar-refractivity contribution is 9.09. The lowest BCUT2D eigenvalue weighted by Gasteiger charge is -2.51. The minimum absolute atomic E-state index is 0.0731. The van der Waals surface area contributed by atoms with Gasteiger partial charge in [0.1, 0.15) is 0 Å². The van der Waals surface area contributed by atoms with Crippen molar-refractivity contribution >= 4 is 15.9 Å². The zero-order chi connectivity index (χ0) is 14.0. The van der Waals surface area contributed by atoms with E-state index < -0.39 is 0 Å². The summed E-state index contributed by atoms with van der Waals surface area (Å²) < 4.78 is 6.20. The lowest BCUT2D eigenvalue weighted by molar-refractivity contribution is -0.190. The van der Waals surface area contributed by atoms with E-state index >= 15 is 0 Å². The predicted octanol–water partition coefficient (Wildman–Crippen LogP) is 4.91. The SMILES string of the molecule is CC1(CCc2ccccc2)O[C@H](c2ccccc2)[C@H]1Br. The van der Waals surface area contributed by atoms with E-state index in [-0.39, 0.29) is 11.7 Å². The van der Waals surface area contributed by atoms with Crippen molar-refractivity contribution in [2.24, 2.45) is 0 Å². The van der Waals surface area contributed by atoms with Crippen molar-refractivity contribution < 1.29 is 4.74 Å². The molecule has 1 aliphatic rings. The Balaban J connectivity index is 1.62. The van der Waals surface area contributed by atoms with Crippen LogP contribution in [0.1, 0.15) is 30.6 Å². The number of hydrogen-bond acceptors (Lipinski definition) is 1. The molecule has 0 saturated carbocycles. The van der Waals surface area contributed by atoms with Gasteiger partial charge in [-0.3, -0.25) is 0 Å². The van der Waals surface area contributed by atoms with Crippen molar-refractivity contribution in [1.29, 1.82) is 0 Å². The number of benzene rings is 2. The number of aryl methyl sites for hydroxylation is 1. The average Bonchev–Trinajstić information content (AvgIpc) is 2.52. The van der Waals surface area contributed by atoms with Gasteiger partial charge in [-0.2, -0.15) is 0 Å². The Morgan fingerprint density at radius 1 is 1.00 bits per heavy atom. The number of halogens is 1.